The highest BCUT2D eigenvalue weighted by molar-refractivity contribution is 7.99. The lowest BCUT2D eigenvalue weighted by Crippen LogP contribution is -2.18. The summed E-state index contributed by atoms with van der Waals surface area (Å²) in [5.74, 6) is 0.932. The Balaban J connectivity index is 1.67. The van der Waals surface area contributed by atoms with Crippen molar-refractivity contribution in [1.29, 1.82) is 0 Å². The minimum Gasteiger partial charge on any atom is -0.338 e. The van der Waals surface area contributed by atoms with Crippen LogP contribution in [-0.4, -0.2) is 24.9 Å². The van der Waals surface area contributed by atoms with Crippen LogP contribution in [0, 0.1) is 0 Å². The smallest absolute Gasteiger partial charge is 0.271 e. The molecule has 0 saturated heterocycles. The van der Waals surface area contributed by atoms with Crippen LogP contribution in [0.1, 0.15) is 12.1 Å². The molecule has 0 N–H and O–H groups in total. The Bertz CT molecular complexity index is 818. The fourth-order valence-corrected chi connectivity index (χ4v) is 3.86. The summed E-state index contributed by atoms with van der Waals surface area (Å²) in [5, 5.41) is 2.70. The number of thioether (sulfide) groups is 1. The SMILES string of the molecule is Cn1cncc1CCCSc1nc2ccsc2c(=O)n1C. The maximum absolute atomic E-state index is 12.2. The number of nitrogens with zero attached hydrogens (tertiary/aromatic N) is 4. The van der Waals surface area contributed by atoms with Crippen molar-refractivity contribution in [2.45, 2.75) is 18.0 Å². The van der Waals surface area contributed by atoms with Gasteiger partial charge in [0.1, 0.15) is 4.70 Å². The molecule has 7 heteroatoms. The molecule has 0 amide bonds. The Morgan fingerprint density at radius 1 is 1.38 bits per heavy atom. The van der Waals surface area contributed by atoms with Gasteiger partial charge >= 0.3 is 0 Å². The van der Waals surface area contributed by atoms with Gasteiger partial charge in [0.2, 0.25) is 0 Å². The number of fused-ring (bicyclic) bond motifs is 1. The van der Waals surface area contributed by atoms with E-state index in [1.54, 1.807) is 23.4 Å². The topological polar surface area (TPSA) is 52.7 Å². The first-order chi connectivity index (χ1) is 10.2. The lowest BCUT2D eigenvalue weighted by atomic mass is 10.3. The molecule has 3 rings (SSSR count). The van der Waals surface area contributed by atoms with Gasteiger partial charge in [-0.25, -0.2) is 9.97 Å². The van der Waals surface area contributed by atoms with E-state index in [0.717, 1.165) is 34.0 Å². The van der Waals surface area contributed by atoms with E-state index in [1.165, 1.54) is 17.0 Å². The molecule has 110 valence electrons. The van der Waals surface area contributed by atoms with Crippen molar-refractivity contribution in [3.05, 3.63) is 40.0 Å². The largest absolute Gasteiger partial charge is 0.338 e. The summed E-state index contributed by atoms with van der Waals surface area (Å²) < 4.78 is 4.42. The third kappa shape index (κ3) is 2.89. The molecule has 0 aliphatic carbocycles. The normalized spacial score (nSPS) is 11.3. The first-order valence-electron chi connectivity index (χ1n) is 6.69. The van der Waals surface area contributed by atoms with Gasteiger partial charge < -0.3 is 4.57 Å². The number of aromatic nitrogens is 4. The number of hydrogen-bond acceptors (Lipinski definition) is 5. The Hall–Kier alpha value is -1.60. The quantitative estimate of drug-likeness (QED) is 0.412. The Labute approximate surface area is 130 Å². The maximum Gasteiger partial charge on any atom is 0.271 e. The zero-order valence-electron chi connectivity index (χ0n) is 11.9. The van der Waals surface area contributed by atoms with Crippen LogP contribution in [0.15, 0.2) is 33.9 Å². The summed E-state index contributed by atoms with van der Waals surface area (Å²) in [4.78, 5) is 20.9. The van der Waals surface area contributed by atoms with Crippen molar-refractivity contribution >= 4 is 33.3 Å². The van der Waals surface area contributed by atoms with Crippen molar-refractivity contribution in [1.82, 2.24) is 19.1 Å². The molecule has 0 aliphatic heterocycles. The predicted octanol–water partition coefficient (Wildman–Crippen LogP) is 2.45. The van der Waals surface area contributed by atoms with E-state index in [4.69, 9.17) is 0 Å². The molecule has 0 aromatic carbocycles. The Morgan fingerprint density at radius 2 is 2.24 bits per heavy atom. The van der Waals surface area contributed by atoms with E-state index in [1.807, 2.05) is 35.6 Å². The summed E-state index contributed by atoms with van der Waals surface area (Å²) >= 11 is 3.08. The summed E-state index contributed by atoms with van der Waals surface area (Å²) in [7, 11) is 3.79. The van der Waals surface area contributed by atoms with Crippen molar-refractivity contribution in [2.24, 2.45) is 14.1 Å². The van der Waals surface area contributed by atoms with E-state index in [9.17, 15) is 4.79 Å². The average Bonchev–Trinajstić information content (AvgIpc) is 3.09. The fraction of sp³-hybridized carbons (Fsp3) is 0.357. The standard InChI is InChI=1S/C14H16N4OS2/c1-17-9-15-8-10(17)4-3-6-21-14-16-11-5-7-20-12(11)13(19)18(14)2/h5,7-9H,3-4,6H2,1-2H3. The van der Waals surface area contributed by atoms with E-state index in [0.29, 0.717) is 0 Å². The minimum atomic E-state index is 0.0455. The third-order valence-electron chi connectivity index (χ3n) is 3.37. The Morgan fingerprint density at radius 3 is 3.00 bits per heavy atom. The van der Waals surface area contributed by atoms with Gasteiger partial charge in [-0.2, -0.15) is 0 Å². The highest BCUT2D eigenvalue weighted by Crippen LogP contribution is 2.21. The number of imidazole rings is 1. The van der Waals surface area contributed by atoms with Crippen molar-refractivity contribution in [3.63, 3.8) is 0 Å². The predicted molar refractivity (Wildman–Crippen MR) is 87.1 cm³/mol. The van der Waals surface area contributed by atoms with Gasteiger partial charge in [-0.1, -0.05) is 11.8 Å². The maximum atomic E-state index is 12.2. The molecule has 3 aromatic heterocycles. The molecule has 21 heavy (non-hydrogen) atoms. The van der Waals surface area contributed by atoms with Crippen LogP contribution in [0.3, 0.4) is 0 Å². The number of rotatable bonds is 5. The zero-order valence-corrected chi connectivity index (χ0v) is 13.6. The van der Waals surface area contributed by atoms with Crippen LogP contribution in [0.25, 0.3) is 10.2 Å². The molecule has 5 nitrogen and oxygen atoms in total. The van der Waals surface area contributed by atoms with Crippen LogP contribution >= 0.6 is 23.1 Å². The summed E-state index contributed by atoms with van der Waals surface area (Å²) in [6.45, 7) is 0. The van der Waals surface area contributed by atoms with E-state index in [-0.39, 0.29) is 5.56 Å². The van der Waals surface area contributed by atoms with E-state index < -0.39 is 0 Å². The molecular formula is C14H16N4OS2. The van der Waals surface area contributed by atoms with Crippen molar-refractivity contribution < 1.29 is 0 Å². The molecule has 0 radical (unpaired) electrons. The molecule has 0 spiro atoms. The first kappa shape index (κ1) is 14.3. The van der Waals surface area contributed by atoms with Gasteiger partial charge in [0, 0.05) is 31.7 Å². The highest BCUT2D eigenvalue weighted by Gasteiger charge is 2.09. The first-order valence-corrected chi connectivity index (χ1v) is 8.55. The van der Waals surface area contributed by atoms with E-state index >= 15 is 0 Å². The number of aryl methyl sites for hydroxylation is 2. The lowest BCUT2D eigenvalue weighted by Gasteiger charge is -2.07. The van der Waals surface area contributed by atoms with Crippen molar-refractivity contribution in [2.75, 3.05) is 5.75 Å². The van der Waals surface area contributed by atoms with Gasteiger partial charge in [0.15, 0.2) is 5.16 Å². The van der Waals surface area contributed by atoms with Gasteiger partial charge in [-0.05, 0) is 24.3 Å². The van der Waals surface area contributed by atoms with E-state index in [2.05, 4.69) is 9.97 Å². The minimum absolute atomic E-state index is 0.0455. The number of thiophene rings is 1. The summed E-state index contributed by atoms with van der Waals surface area (Å²) in [6.07, 6.45) is 5.73. The Kier molecular flexibility index (Phi) is 4.12. The summed E-state index contributed by atoms with van der Waals surface area (Å²) in [5.41, 5.74) is 2.08. The second-order valence-corrected chi connectivity index (χ2v) is 6.82. The highest BCUT2D eigenvalue weighted by atomic mass is 32.2. The van der Waals surface area contributed by atoms with Crippen molar-refractivity contribution in [3.8, 4) is 0 Å². The second-order valence-electron chi connectivity index (χ2n) is 4.84. The van der Waals surface area contributed by atoms with Crippen LogP contribution in [0.5, 0.6) is 0 Å². The number of hydrogen-bond donors (Lipinski definition) is 0. The lowest BCUT2D eigenvalue weighted by molar-refractivity contribution is 0.725. The molecule has 3 aromatic rings. The van der Waals surface area contributed by atoms with Gasteiger partial charge in [-0.3, -0.25) is 9.36 Å². The fourth-order valence-electron chi connectivity index (χ4n) is 2.14. The average molecular weight is 320 g/mol. The molecule has 0 atom stereocenters. The second kappa shape index (κ2) is 6.03. The van der Waals surface area contributed by atoms with Gasteiger partial charge in [0.25, 0.3) is 5.56 Å². The molecule has 0 unspecified atom stereocenters. The molecular weight excluding hydrogens is 304 g/mol. The molecule has 3 heterocycles. The van der Waals surface area contributed by atoms with Crippen LogP contribution in [0.2, 0.25) is 0 Å². The van der Waals surface area contributed by atoms with Gasteiger partial charge in [-0.15, -0.1) is 11.3 Å². The van der Waals surface area contributed by atoms with Crippen LogP contribution < -0.4 is 5.56 Å². The van der Waals surface area contributed by atoms with Gasteiger partial charge in [0.05, 0.1) is 11.8 Å². The van der Waals surface area contributed by atoms with Crippen LogP contribution in [0.4, 0.5) is 0 Å². The van der Waals surface area contributed by atoms with Crippen LogP contribution in [-0.2, 0) is 20.5 Å². The third-order valence-corrected chi connectivity index (χ3v) is 5.38. The molecule has 0 bridgehead atoms. The molecule has 0 fully saturated rings. The summed E-state index contributed by atoms with van der Waals surface area (Å²) in [6, 6.07) is 1.90. The molecule has 0 aliphatic rings. The zero-order chi connectivity index (χ0) is 14.8. The monoisotopic (exact) mass is 320 g/mol. The molecule has 0 saturated carbocycles.